The number of aromatic nitrogens is 1. The number of ether oxygens (including phenoxy) is 2. The molecule has 1 aliphatic rings. The largest absolute Gasteiger partial charge is 0.493 e. The second kappa shape index (κ2) is 9.00. The first kappa shape index (κ1) is 20.6. The van der Waals surface area contributed by atoms with Gasteiger partial charge in [-0.2, -0.15) is 0 Å². The molecule has 0 amide bonds. The van der Waals surface area contributed by atoms with Crippen LogP contribution in [0.15, 0.2) is 36.4 Å². The first-order valence-corrected chi connectivity index (χ1v) is 10.9. The van der Waals surface area contributed by atoms with Gasteiger partial charge in [0, 0.05) is 21.5 Å². The van der Waals surface area contributed by atoms with Crippen molar-refractivity contribution in [3.05, 3.63) is 47.0 Å². The van der Waals surface area contributed by atoms with Crippen molar-refractivity contribution in [3.8, 4) is 22.8 Å². The number of carboxylic acid groups (broad SMARTS) is 1. The minimum absolute atomic E-state index is 0.111. The Kier molecular flexibility index (Phi) is 6.18. The van der Waals surface area contributed by atoms with E-state index in [4.69, 9.17) is 21.1 Å². The number of benzene rings is 2. The van der Waals surface area contributed by atoms with Gasteiger partial charge in [0.2, 0.25) is 0 Å². The second-order valence-corrected chi connectivity index (χ2v) is 8.14. The van der Waals surface area contributed by atoms with Crippen molar-refractivity contribution >= 4 is 28.5 Å². The van der Waals surface area contributed by atoms with Gasteiger partial charge in [-0.3, -0.25) is 4.79 Å². The van der Waals surface area contributed by atoms with Gasteiger partial charge in [0.1, 0.15) is 11.5 Å². The Hall–Kier alpha value is -2.66. The Balaban J connectivity index is 1.80. The van der Waals surface area contributed by atoms with Crippen LogP contribution in [0.4, 0.5) is 0 Å². The molecule has 2 N–H and O–H groups in total. The predicted octanol–water partition coefficient (Wildman–Crippen LogP) is 6.23. The Morgan fingerprint density at radius 1 is 1.17 bits per heavy atom. The Labute approximate surface area is 181 Å². The first-order valence-electron chi connectivity index (χ1n) is 10.5. The maximum Gasteiger partial charge on any atom is 0.307 e. The van der Waals surface area contributed by atoms with Gasteiger partial charge in [-0.25, -0.2) is 0 Å². The molecule has 1 aromatic heterocycles. The third-order valence-corrected chi connectivity index (χ3v) is 5.81. The number of aromatic amines is 1. The third-order valence-electron chi connectivity index (χ3n) is 5.57. The van der Waals surface area contributed by atoms with Crippen LogP contribution in [0, 0.1) is 0 Å². The Morgan fingerprint density at radius 3 is 2.70 bits per heavy atom. The number of nitrogens with one attached hydrogen (secondary N) is 1. The maximum absolute atomic E-state index is 11.7. The summed E-state index contributed by atoms with van der Waals surface area (Å²) in [5, 5.41) is 11.0. The molecule has 0 bridgehead atoms. The van der Waals surface area contributed by atoms with Crippen LogP contribution in [0.5, 0.6) is 11.5 Å². The van der Waals surface area contributed by atoms with Crippen molar-refractivity contribution in [3.63, 3.8) is 0 Å². The Morgan fingerprint density at radius 2 is 1.97 bits per heavy atom. The van der Waals surface area contributed by atoms with Gasteiger partial charge in [0.15, 0.2) is 0 Å². The van der Waals surface area contributed by atoms with Crippen molar-refractivity contribution in [2.24, 2.45) is 0 Å². The highest BCUT2D eigenvalue weighted by molar-refractivity contribution is 6.31. The predicted molar refractivity (Wildman–Crippen MR) is 119 cm³/mol. The third kappa shape index (κ3) is 4.41. The number of aliphatic carboxylic acids is 1. The monoisotopic (exact) mass is 427 g/mol. The highest BCUT2D eigenvalue weighted by Gasteiger charge is 2.21. The van der Waals surface area contributed by atoms with Gasteiger partial charge in [-0.15, -0.1) is 0 Å². The molecule has 30 heavy (non-hydrogen) atoms. The molecule has 2 aromatic carbocycles. The molecule has 1 aliphatic carbocycles. The van der Waals surface area contributed by atoms with Crippen LogP contribution in [-0.2, 0) is 11.2 Å². The molecule has 4 rings (SSSR count). The number of hydrogen-bond acceptors (Lipinski definition) is 3. The van der Waals surface area contributed by atoms with Crippen LogP contribution in [-0.4, -0.2) is 28.8 Å². The normalized spacial score (nSPS) is 14.7. The van der Waals surface area contributed by atoms with E-state index in [0.29, 0.717) is 28.6 Å². The SMILES string of the molecule is CCOc1ccc(Cl)cc1-c1[nH]c2ccc(OC3CCCCC3)cc2c1CC(=O)O. The summed E-state index contributed by atoms with van der Waals surface area (Å²) in [5.74, 6) is 0.553. The lowest BCUT2D eigenvalue weighted by molar-refractivity contribution is -0.136. The fourth-order valence-corrected chi connectivity index (χ4v) is 4.39. The zero-order valence-corrected chi connectivity index (χ0v) is 17.8. The van der Waals surface area contributed by atoms with E-state index in [-0.39, 0.29) is 12.5 Å². The first-order chi connectivity index (χ1) is 14.5. The van der Waals surface area contributed by atoms with Crippen LogP contribution >= 0.6 is 11.6 Å². The second-order valence-electron chi connectivity index (χ2n) is 7.71. The van der Waals surface area contributed by atoms with E-state index >= 15 is 0 Å². The molecule has 158 valence electrons. The highest BCUT2D eigenvalue weighted by atomic mass is 35.5. The van der Waals surface area contributed by atoms with E-state index in [0.717, 1.165) is 35.1 Å². The molecule has 1 heterocycles. The van der Waals surface area contributed by atoms with Crippen LogP contribution in [0.25, 0.3) is 22.2 Å². The quantitative estimate of drug-likeness (QED) is 0.469. The number of carboxylic acids is 1. The minimum atomic E-state index is -0.893. The zero-order chi connectivity index (χ0) is 21.1. The summed E-state index contributed by atoms with van der Waals surface area (Å²) in [4.78, 5) is 15.1. The molecule has 0 atom stereocenters. The smallest absolute Gasteiger partial charge is 0.307 e. The van der Waals surface area contributed by atoms with E-state index in [9.17, 15) is 9.90 Å². The molecule has 1 fully saturated rings. The van der Waals surface area contributed by atoms with Gasteiger partial charge < -0.3 is 19.6 Å². The molecule has 0 radical (unpaired) electrons. The molecule has 1 saturated carbocycles. The highest BCUT2D eigenvalue weighted by Crippen LogP contribution is 2.39. The minimum Gasteiger partial charge on any atom is -0.493 e. The fourth-order valence-electron chi connectivity index (χ4n) is 4.22. The fraction of sp³-hybridized carbons (Fsp3) is 0.375. The van der Waals surface area contributed by atoms with Gasteiger partial charge >= 0.3 is 5.97 Å². The number of carbonyl (C=O) groups is 1. The van der Waals surface area contributed by atoms with Crippen LogP contribution in [0.1, 0.15) is 44.6 Å². The molecule has 6 heteroatoms. The zero-order valence-electron chi connectivity index (χ0n) is 17.0. The van der Waals surface area contributed by atoms with E-state index in [1.54, 1.807) is 6.07 Å². The summed E-state index contributed by atoms with van der Waals surface area (Å²) in [6.45, 7) is 2.42. The van der Waals surface area contributed by atoms with E-state index in [1.807, 2.05) is 37.3 Å². The molecule has 3 aromatic rings. The number of H-pyrrole nitrogens is 1. The summed E-state index contributed by atoms with van der Waals surface area (Å²) in [5.41, 5.74) is 3.04. The molecule has 0 saturated heterocycles. The van der Waals surface area contributed by atoms with Gasteiger partial charge in [0.25, 0.3) is 0 Å². The lowest BCUT2D eigenvalue weighted by atomic mass is 9.97. The Bertz CT molecular complexity index is 1050. The topological polar surface area (TPSA) is 71.5 Å². The summed E-state index contributed by atoms with van der Waals surface area (Å²) in [6.07, 6.45) is 5.92. The van der Waals surface area contributed by atoms with Crippen molar-refractivity contribution in [2.45, 2.75) is 51.6 Å². The molecule has 0 aliphatic heterocycles. The summed E-state index contributed by atoms with van der Waals surface area (Å²) in [7, 11) is 0. The number of hydrogen-bond donors (Lipinski definition) is 2. The molecule has 5 nitrogen and oxygen atoms in total. The lowest BCUT2D eigenvalue weighted by Crippen LogP contribution is -2.19. The number of halogens is 1. The van der Waals surface area contributed by atoms with Crippen LogP contribution < -0.4 is 9.47 Å². The van der Waals surface area contributed by atoms with Crippen molar-refractivity contribution in [1.29, 1.82) is 0 Å². The maximum atomic E-state index is 11.7. The summed E-state index contributed by atoms with van der Waals surface area (Å²) < 4.78 is 12.0. The van der Waals surface area contributed by atoms with Gasteiger partial charge in [-0.05, 0) is 74.6 Å². The average Bonchev–Trinajstić information content (AvgIpc) is 3.07. The standard InChI is InChI=1S/C24H26ClNO4/c1-2-29-22-11-8-15(25)12-20(22)24-19(14-23(27)28)18-13-17(9-10-21(18)26-24)30-16-6-4-3-5-7-16/h8-13,16,26H,2-7,14H2,1H3,(H,27,28). The average molecular weight is 428 g/mol. The van der Waals surface area contributed by atoms with Crippen LogP contribution in [0.2, 0.25) is 5.02 Å². The lowest BCUT2D eigenvalue weighted by Gasteiger charge is -2.23. The molecular weight excluding hydrogens is 402 g/mol. The number of rotatable bonds is 7. The summed E-state index contributed by atoms with van der Waals surface area (Å²) >= 11 is 6.25. The van der Waals surface area contributed by atoms with Crippen molar-refractivity contribution < 1.29 is 19.4 Å². The summed E-state index contributed by atoms with van der Waals surface area (Å²) in [6, 6.07) is 11.2. The van der Waals surface area contributed by atoms with Crippen molar-refractivity contribution in [1.82, 2.24) is 4.98 Å². The van der Waals surface area contributed by atoms with Crippen LogP contribution in [0.3, 0.4) is 0 Å². The van der Waals surface area contributed by atoms with Crippen molar-refractivity contribution in [2.75, 3.05) is 6.61 Å². The van der Waals surface area contributed by atoms with E-state index in [1.165, 1.54) is 19.3 Å². The molecular formula is C24H26ClNO4. The molecule has 0 spiro atoms. The van der Waals surface area contributed by atoms with Gasteiger partial charge in [-0.1, -0.05) is 18.0 Å². The van der Waals surface area contributed by atoms with Gasteiger partial charge in [0.05, 0.1) is 24.8 Å². The molecule has 0 unspecified atom stereocenters. The number of fused-ring (bicyclic) bond motifs is 1. The van der Waals surface area contributed by atoms with E-state index < -0.39 is 5.97 Å². The van der Waals surface area contributed by atoms with E-state index in [2.05, 4.69) is 4.98 Å².